The van der Waals surface area contributed by atoms with Crippen molar-refractivity contribution in [1.29, 1.82) is 0 Å². The lowest BCUT2D eigenvalue weighted by atomic mass is 10.5. The summed E-state index contributed by atoms with van der Waals surface area (Å²) in [4.78, 5) is 32.5. The van der Waals surface area contributed by atoms with Gasteiger partial charge in [0.05, 0.1) is 17.0 Å². The van der Waals surface area contributed by atoms with Crippen LogP contribution in [0.3, 0.4) is 0 Å². The molecule has 7 heteroatoms. The highest BCUT2D eigenvalue weighted by Gasteiger charge is 2.38. The van der Waals surface area contributed by atoms with Crippen LogP contribution in [0.25, 0.3) is 0 Å². The van der Waals surface area contributed by atoms with Crippen LogP contribution in [0.4, 0.5) is 0 Å². The van der Waals surface area contributed by atoms with Crippen molar-refractivity contribution in [3.05, 3.63) is 0 Å². The third kappa shape index (κ3) is 3.45. The molecule has 3 N–H and O–H groups in total. The standard InChI is InChI=1S/C9H15O6P/c1-4(7(10)11)16(5(2)8(12)13)6(3)9(14)15/h4-6H,1-3H3,(H,10,11)(H,12,13)(H,14,15). The van der Waals surface area contributed by atoms with Crippen molar-refractivity contribution in [2.75, 3.05) is 0 Å². The van der Waals surface area contributed by atoms with Crippen LogP contribution >= 0.6 is 7.92 Å². The highest BCUT2D eigenvalue weighted by molar-refractivity contribution is 7.62. The van der Waals surface area contributed by atoms with Gasteiger partial charge in [0, 0.05) is 0 Å². The Morgan fingerprint density at radius 2 is 0.938 bits per heavy atom. The zero-order valence-electron chi connectivity index (χ0n) is 9.25. The lowest BCUT2D eigenvalue weighted by Crippen LogP contribution is -2.32. The molecule has 16 heavy (non-hydrogen) atoms. The summed E-state index contributed by atoms with van der Waals surface area (Å²) >= 11 is 0. The number of aliphatic carboxylic acids is 3. The summed E-state index contributed by atoms with van der Waals surface area (Å²) in [5, 5.41) is 26.5. The van der Waals surface area contributed by atoms with Crippen molar-refractivity contribution in [3.8, 4) is 0 Å². The molecule has 0 saturated heterocycles. The van der Waals surface area contributed by atoms with Crippen LogP contribution in [0.1, 0.15) is 20.8 Å². The lowest BCUT2D eigenvalue weighted by molar-refractivity contribution is -0.136. The molecule has 0 aromatic heterocycles. The van der Waals surface area contributed by atoms with E-state index in [4.69, 9.17) is 15.3 Å². The zero-order valence-corrected chi connectivity index (χ0v) is 10.1. The minimum Gasteiger partial charge on any atom is -0.481 e. The molecule has 0 amide bonds. The average molecular weight is 250 g/mol. The van der Waals surface area contributed by atoms with Crippen molar-refractivity contribution < 1.29 is 29.7 Å². The quantitative estimate of drug-likeness (QED) is 0.603. The van der Waals surface area contributed by atoms with Gasteiger partial charge in [0.2, 0.25) is 0 Å². The van der Waals surface area contributed by atoms with Gasteiger partial charge in [-0.05, 0) is 20.8 Å². The second-order valence-electron chi connectivity index (χ2n) is 3.49. The Bertz CT molecular complexity index is 255. The first-order valence-corrected chi connectivity index (χ1v) is 6.21. The first kappa shape index (κ1) is 14.8. The predicted octanol–water partition coefficient (Wildman–Crippen LogP) is 0.888. The van der Waals surface area contributed by atoms with Crippen molar-refractivity contribution >= 4 is 25.8 Å². The fourth-order valence-electron chi connectivity index (χ4n) is 1.39. The van der Waals surface area contributed by atoms with E-state index in [0.717, 1.165) is 0 Å². The Kier molecular flexibility index (Phi) is 5.38. The maximum Gasteiger partial charge on any atom is 0.310 e. The summed E-state index contributed by atoms with van der Waals surface area (Å²) in [7, 11) is -1.66. The fraction of sp³-hybridized carbons (Fsp3) is 0.667. The first-order chi connectivity index (χ1) is 7.20. The van der Waals surface area contributed by atoms with E-state index in [0.29, 0.717) is 0 Å². The van der Waals surface area contributed by atoms with Crippen LogP contribution in [0.2, 0.25) is 0 Å². The number of rotatable bonds is 6. The third-order valence-corrected chi connectivity index (χ3v) is 5.76. The van der Waals surface area contributed by atoms with Gasteiger partial charge in [0.1, 0.15) is 0 Å². The van der Waals surface area contributed by atoms with Gasteiger partial charge < -0.3 is 15.3 Å². The van der Waals surface area contributed by atoms with Crippen LogP contribution in [0.5, 0.6) is 0 Å². The smallest absolute Gasteiger partial charge is 0.310 e. The van der Waals surface area contributed by atoms with Crippen molar-refractivity contribution in [3.63, 3.8) is 0 Å². The largest absolute Gasteiger partial charge is 0.481 e. The number of hydrogen-bond donors (Lipinski definition) is 3. The molecule has 0 saturated carbocycles. The van der Waals surface area contributed by atoms with E-state index in [9.17, 15) is 14.4 Å². The number of hydrogen-bond acceptors (Lipinski definition) is 3. The Labute approximate surface area is 94.0 Å². The highest BCUT2D eigenvalue weighted by Crippen LogP contribution is 2.51. The molecule has 0 aliphatic rings. The summed E-state index contributed by atoms with van der Waals surface area (Å²) in [6.07, 6.45) is 0. The Morgan fingerprint density at radius 3 is 1.06 bits per heavy atom. The molecule has 0 rings (SSSR count). The van der Waals surface area contributed by atoms with Gasteiger partial charge in [-0.3, -0.25) is 14.4 Å². The topological polar surface area (TPSA) is 112 Å². The van der Waals surface area contributed by atoms with E-state index in [1.807, 2.05) is 0 Å². The van der Waals surface area contributed by atoms with E-state index in [2.05, 4.69) is 0 Å². The van der Waals surface area contributed by atoms with Crippen LogP contribution < -0.4 is 0 Å². The minimum atomic E-state index is -1.66. The van der Waals surface area contributed by atoms with Crippen LogP contribution in [-0.2, 0) is 14.4 Å². The maximum absolute atomic E-state index is 10.8. The summed E-state index contributed by atoms with van der Waals surface area (Å²) < 4.78 is 0. The molecule has 0 radical (unpaired) electrons. The van der Waals surface area contributed by atoms with Crippen LogP contribution in [-0.4, -0.2) is 50.2 Å². The molecule has 6 nitrogen and oxygen atoms in total. The maximum atomic E-state index is 10.8. The number of carboxylic acid groups (broad SMARTS) is 3. The zero-order chi connectivity index (χ0) is 13.0. The molecule has 0 aromatic carbocycles. The lowest BCUT2D eigenvalue weighted by Gasteiger charge is -2.28. The van der Waals surface area contributed by atoms with Gasteiger partial charge in [0.15, 0.2) is 0 Å². The van der Waals surface area contributed by atoms with Gasteiger partial charge in [-0.15, -0.1) is 0 Å². The minimum absolute atomic E-state index is 0.952. The van der Waals surface area contributed by atoms with Crippen molar-refractivity contribution in [2.45, 2.75) is 37.7 Å². The monoisotopic (exact) mass is 250 g/mol. The second-order valence-corrected chi connectivity index (χ2v) is 6.71. The molecule has 3 atom stereocenters. The van der Waals surface area contributed by atoms with Crippen molar-refractivity contribution in [2.24, 2.45) is 0 Å². The molecule has 0 aliphatic carbocycles. The fourth-order valence-corrected chi connectivity index (χ4v) is 4.17. The predicted molar refractivity (Wildman–Crippen MR) is 58.2 cm³/mol. The SMILES string of the molecule is CC(C(=O)O)P(C(C)C(=O)O)C(C)C(=O)O. The highest BCUT2D eigenvalue weighted by atomic mass is 31.1. The van der Waals surface area contributed by atoms with E-state index >= 15 is 0 Å². The summed E-state index contributed by atoms with van der Waals surface area (Å²) in [5.41, 5.74) is -2.86. The molecule has 0 fully saturated rings. The van der Waals surface area contributed by atoms with Crippen LogP contribution in [0, 0.1) is 0 Å². The van der Waals surface area contributed by atoms with E-state index in [1.165, 1.54) is 20.8 Å². The molecule has 92 valence electrons. The average Bonchev–Trinajstić information content (AvgIpc) is 2.16. The summed E-state index contributed by atoms with van der Waals surface area (Å²) in [6.45, 7) is 4.06. The summed E-state index contributed by atoms with van der Waals surface area (Å²) in [5.74, 6) is -3.48. The van der Waals surface area contributed by atoms with E-state index in [-0.39, 0.29) is 0 Å². The molecular formula is C9H15O6P. The molecule has 3 unspecified atom stereocenters. The molecule has 0 bridgehead atoms. The Hall–Kier alpha value is -1.16. The molecule has 0 heterocycles. The van der Waals surface area contributed by atoms with Gasteiger partial charge in [-0.1, -0.05) is 7.92 Å². The van der Waals surface area contributed by atoms with Gasteiger partial charge in [-0.25, -0.2) is 0 Å². The normalized spacial score (nSPS) is 18.2. The second kappa shape index (κ2) is 5.80. The van der Waals surface area contributed by atoms with E-state index in [1.54, 1.807) is 0 Å². The first-order valence-electron chi connectivity index (χ1n) is 4.66. The van der Waals surface area contributed by atoms with Gasteiger partial charge >= 0.3 is 17.9 Å². The van der Waals surface area contributed by atoms with E-state index < -0.39 is 42.8 Å². The molecule has 0 aromatic rings. The molecule has 0 aliphatic heterocycles. The third-order valence-electron chi connectivity index (χ3n) is 2.41. The molecule has 0 spiro atoms. The number of carboxylic acids is 3. The summed E-state index contributed by atoms with van der Waals surface area (Å²) in [6, 6.07) is 0. The number of carbonyl (C=O) groups is 3. The van der Waals surface area contributed by atoms with Gasteiger partial charge in [0.25, 0.3) is 0 Å². The molecular weight excluding hydrogens is 235 g/mol. The van der Waals surface area contributed by atoms with Gasteiger partial charge in [-0.2, -0.15) is 0 Å². The van der Waals surface area contributed by atoms with Crippen molar-refractivity contribution in [1.82, 2.24) is 0 Å². The van der Waals surface area contributed by atoms with Crippen LogP contribution in [0.15, 0.2) is 0 Å². The Balaban J connectivity index is 5.12. The Morgan fingerprint density at radius 1 is 0.750 bits per heavy atom.